The minimum Gasteiger partial charge on any atom is -0.360 e. The summed E-state index contributed by atoms with van der Waals surface area (Å²) in [6.45, 7) is 8.49. The highest BCUT2D eigenvalue weighted by atomic mass is 16.2. The van der Waals surface area contributed by atoms with Crippen LogP contribution in [0.2, 0.25) is 0 Å². The van der Waals surface area contributed by atoms with Crippen LogP contribution in [0.25, 0.3) is 10.9 Å². The lowest BCUT2D eigenvalue weighted by Crippen LogP contribution is -2.52. The molecule has 1 saturated heterocycles. The molecule has 0 bridgehead atoms. The first-order valence-corrected chi connectivity index (χ1v) is 10.6. The van der Waals surface area contributed by atoms with E-state index in [4.69, 9.17) is 4.99 Å². The molecule has 1 aliphatic heterocycles. The van der Waals surface area contributed by atoms with Crippen molar-refractivity contribution in [1.29, 1.82) is 0 Å². The van der Waals surface area contributed by atoms with Crippen LogP contribution < -0.4 is 0 Å². The zero-order chi connectivity index (χ0) is 22.0. The first kappa shape index (κ1) is 20.8. The summed E-state index contributed by atoms with van der Waals surface area (Å²) in [5.41, 5.74) is 2.13. The summed E-state index contributed by atoms with van der Waals surface area (Å²) in [6.07, 6.45) is 1.63. The van der Waals surface area contributed by atoms with Gasteiger partial charge in [0.05, 0.1) is 11.1 Å². The molecule has 1 amide bonds. The van der Waals surface area contributed by atoms with E-state index >= 15 is 0 Å². The van der Waals surface area contributed by atoms with Crippen LogP contribution in [-0.4, -0.2) is 64.0 Å². The number of carbonyl (C=O) groups excluding carboxylic acids is 2. The number of rotatable bonds is 3. The summed E-state index contributed by atoms with van der Waals surface area (Å²) in [5, 5.41) is 0.781. The van der Waals surface area contributed by atoms with E-state index in [1.807, 2.05) is 42.5 Å². The molecule has 1 N–H and O–H groups in total. The Morgan fingerprint density at radius 1 is 0.871 bits per heavy atom. The lowest BCUT2D eigenvalue weighted by molar-refractivity contribution is -0.127. The van der Waals surface area contributed by atoms with E-state index in [1.165, 1.54) is 0 Å². The van der Waals surface area contributed by atoms with Crippen molar-refractivity contribution in [2.45, 2.75) is 26.3 Å². The van der Waals surface area contributed by atoms with Crippen molar-refractivity contribution in [2.24, 2.45) is 4.99 Å². The maximum Gasteiger partial charge on any atom is 0.295 e. The maximum absolute atomic E-state index is 12.9. The van der Waals surface area contributed by atoms with Crippen molar-refractivity contribution in [3.8, 4) is 0 Å². The van der Waals surface area contributed by atoms with E-state index in [0.29, 0.717) is 31.7 Å². The number of amides is 1. The SMILES string of the molecule is CC(C)(C)/N=C(\c1ccccc1)N1CCN(C(=O)C(=O)c2c[nH]c3ccccc23)CC1. The molecule has 4 rings (SSSR count). The van der Waals surface area contributed by atoms with Crippen LogP contribution in [0.3, 0.4) is 0 Å². The van der Waals surface area contributed by atoms with Gasteiger partial charge in [-0.3, -0.25) is 14.6 Å². The second-order valence-corrected chi connectivity index (χ2v) is 8.83. The summed E-state index contributed by atoms with van der Waals surface area (Å²) < 4.78 is 0. The van der Waals surface area contributed by atoms with Crippen molar-refractivity contribution in [1.82, 2.24) is 14.8 Å². The minimum absolute atomic E-state index is 0.219. The Bertz CT molecular complexity index is 1120. The fourth-order valence-corrected chi connectivity index (χ4v) is 3.86. The molecule has 6 heteroatoms. The van der Waals surface area contributed by atoms with Gasteiger partial charge >= 0.3 is 0 Å². The van der Waals surface area contributed by atoms with Crippen molar-refractivity contribution < 1.29 is 9.59 Å². The van der Waals surface area contributed by atoms with Gasteiger partial charge in [0.25, 0.3) is 11.7 Å². The summed E-state index contributed by atoms with van der Waals surface area (Å²) >= 11 is 0. The zero-order valence-electron chi connectivity index (χ0n) is 18.3. The molecule has 0 unspecified atom stereocenters. The number of nitrogens with one attached hydrogen (secondary N) is 1. The van der Waals surface area contributed by atoms with Gasteiger partial charge in [-0.2, -0.15) is 0 Å². The molecule has 6 nitrogen and oxygen atoms in total. The number of ketones is 1. The number of nitrogens with zero attached hydrogens (tertiary/aromatic N) is 3. The zero-order valence-corrected chi connectivity index (χ0v) is 18.3. The predicted octanol–water partition coefficient (Wildman–Crippen LogP) is 3.74. The maximum atomic E-state index is 12.9. The monoisotopic (exact) mass is 416 g/mol. The van der Waals surface area contributed by atoms with E-state index in [1.54, 1.807) is 11.1 Å². The van der Waals surface area contributed by atoms with Crippen molar-refractivity contribution in [3.63, 3.8) is 0 Å². The van der Waals surface area contributed by atoms with Gasteiger partial charge in [0.15, 0.2) is 0 Å². The number of aromatic amines is 1. The van der Waals surface area contributed by atoms with Gasteiger partial charge in [0, 0.05) is 48.8 Å². The number of fused-ring (bicyclic) bond motifs is 1. The summed E-state index contributed by atoms with van der Waals surface area (Å²) in [7, 11) is 0. The van der Waals surface area contributed by atoms with Crippen LogP contribution in [0, 0.1) is 0 Å². The van der Waals surface area contributed by atoms with Gasteiger partial charge in [0.1, 0.15) is 5.84 Å². The van der Waals surface area contributed by atoms with E-state index in [0.717, 1.165) is 22.3 Å². The number of aliphatic imine (C=N–C) groups is 1. The van der Waals surface area contributed by atoms with Gasteiger partial charge < -0.3 is 14.8 Å². The van der Waals surface area contributed by atoms with Crippen LogP contribution in [0.5, 0.6) is 0 Å². The molecule has 3 aromatic rings. The lowest BCUT2D eigenvalue weighted by atomic mass is 10.1. The van der Waals surface area contributed by atoms with Crippen molar-refractivity contribution in [2.75, 3.05) is 26.2 Å². The normalized spacial score (nSPS) is 15.4. The Labute approximate surface area is 182 Å². The fraction of sp³-hybridized carbons (Fsp3) is 0.320. The Hall–Kier alpha value is -3.41. The van der Waals surface area contributed by atoms with E-state index in [9.17, 15) is 9.59 Å². The van der Waals surface area contributed by atoms with Crippen LogP contribution in [0.4, 0.5) is 0 Å². The first-order chi connectivity index (χ1) is 14.8. The van der Waals surface area contributed by atoms with Gasteiger partial charge in [-0.05, 0) is 26.8 Å². The van der Waals surface area contributed by atoms with Crippen LogP contribution in [0.15, 0.2) is 65.8 Å². The highest BCUT2D eigenvalue weighted by Gasteiger charge is 2.30. The molecule has 1 aliphatic rings. The van der Waals surface area contributed by atoms with Crippen LogP contribution in [0.1, 0.15) is 36.7 Å². The average Bonchev–Trinajstić information content (AvgIpc) is 3.21. The van der Waals surface area contributed by atoms with Crippen molar-refractivity contribution in [3.05, 3.63) is 71.9 Å². The topological polar surface area (TPSA) is 68.8 Å². The average molecular weight is 417 g/mol. The molecule has 2 aromatic carbocycles. The second kappa shape index (κ2) is 8.38. The first-order valence-electron chi connectivity index (χ1n) is 10.6. The van der Waals surface area contributed by atoms with Gasteiger partial charge in [0.2, 0.25) is 0 Å². The number of hydrogen-bond acceptors (Lipinski definition) is 3. The van der Waals surface area contributed by atoms with Crippen LogP contribution >= 0.6 is 0 Å². The fourth-order valence-electron chi connectivity index (χ4n) is 3.86. The standard InChI is InChI=1S/C25H28N4O2/c1-25(2,3)27-23(18-9-5-4-6-10-18)28-13-15-29(16-14-28)24(31)22(30)20-17-26-21-12-8-7-11-19(20)21/h4-12,17,26H,13-16H2,1-3H3/b27-23+. The van der Waals surface area contributed by atoms with E-state index in [-0.39, 0.29) is 5.54 Å². The molecular formula is C25H28N4O2. The number of piperazine rings is 1. The summed E-state index contributed by atoms with van der Waals surface area (Å²) in [5.74, 6) is 0.0270. The van der Waals surface area contributed by atoms with E-state index in [2.05, 4.69) is 42.8 Å². The third-order valence-electron chi connectivity index (χ3n) is 5.37. The van der Waals surface area contributed by atoms with Gasteiger partial charge in [-0.1, -0.05) is 48.5 Å². The second-order valence-electron chi connectivity index (χ2n) is 8.83. The van der Waals surface area contributed by atoms with Gasteiger partial charge in [-0.15, -0.1) is 0 Å². The Morgan fingerprint density at radius 3 is 2.16 bits per heavy atom. The molecular weight excluding hydrogens is 388 g/mol. The van der Waals surface area contributed by atoms with Crippen molar-refractivity contribution >= 4 is 28.4 Å². The molecule has 1 fully saturated rings. The number of amidine groups is 1. The number of para-hydroxylation sites is 1. The molecule has 31 heavy (non-hydrogen) atoms. The number of hydrogen-bond donors (Lipinski definition) is 1. The third kappa shape index (κ3) is 4.53. The molecule has 1 aromatic heterocycles. The molecule has 0 radical (unpaired) electrons. The Kier molecular flexibility index (Phi) is 5.63. The Balaban J connectivity index is 1.49. The van der Waals surface area contributed by atoms with E-state index < -0.39 is 11.7 Å². The predicted molar refractivity (Wildman–Crippen MR) is 124 cm³/mol. The smallest absolute Gasteiger partial charge is 0.295 e. The van der Waals surface area contributed by atoms with Gasteiger partial charge in [-0.25, -0.2) is 0 Å². The van der Waals surface area contributed by atoms with Crippen LogP contribution in [-0.2, 0) is 4.79 Å². The number of carbonyl (C=O) groups is 2. The number of H-pyrrole nitrogens is 1. The number of aromatic nitrogens is 1. The highest BCUT2D eigenvalue weighted by molar-refractivity contribution is 6.44. The molecule has 0 spiro atoms. The number of Topliss-reactive ketones (excluding diaryl/α,β-unsaturated/α-hetero) is 1. The minimum atomic E-state index is -0.461. The lowest BCUT2D eigenvalue weighted by Gasteiger charge is -2.37. The summed E-state index contributed by atoms with van der Waals surface area (Å²) in [4.78, 5) is 37.7. The quantitative estimate of drug-likeness (QED) is 0.306. The summed E-state index contributed by atoms with van der Waals surface area (Å²) in [6, 6.07) is 17.7. The number of benzene rings is 2. The molecule has 0 saturated carbocycles. The molecule has 160 valence electrons. The molecule has 0 atom stereocenters. The Morgan fingerprint density at radius 2 is 1.48 bits per heavy atom. The largest absolute Gasteiger partial charge is 0.360 e. The highest BCUT2D eigenvalue weighted by Crippen LogP contribution is 2.20. The third-order valence-corrected chi connectivity index (χ3v) is 5.37. The molecule has 0 aliphatic carbocycles. The molecule has 2 heterocycles.